The molecule has 5 N–H and O–H groups in total. The van der Waals surface area contributed by atoms with Crippen molar-refractivity contribution in [3.63, 3.8) is 0 Å². The molecule has 2 heterocycles. The van der Waals surface area contributed by atoms with Crippen LogP contribution >= 0.6 is 12.4 Å². The number of carboxylic acids is 1. The van der Waals surface area contributed by atoms with Gasteiger partial charge in [0.2, 0.25) is 5.43 Å². The number of rotatable bonds is 3. The lowest BCUT2D eigenvalue weighted by Gasteiger charge is -2.22. The summed E-state index contributed by atoms with van der Waals surface area (Å²) in [4.78, 5) is 25.3. The van der Waals surface area contributed by atoms with Crippen molar-refractivity contribution in [2.45, 2.75) is 31.3 Å². The molecule has 1 aromatic carbocycles. The third-order valence-electron chi connectivity index (χ3n) is 4.90. The molecule has 10 heteroatoms. The number of benzene rings is 1. The number of fused-ring (bicyclic) bond motifs is 1. The Kier molecular flexibility index (Phi) is 5.79. The number of hydrogen-bond acceptors (Lipinski definition) is 4. The van der Waals surface area contributed by atoms with Crippen LogP contribution in [0.5, 0.6) is 0 Å². The van der Waals surface area contributed by atoms with Crippen LogP contribution in [0.3, 0.4) is 0 Å². The maximum absolute atomic E-state index is 15.2. The van der Waals surface area contributed by atoms with Crippen LogP contribution in [0.15, 0.2) is 17.1 Å². The highest BCUT2D eigenvalue weighted by Gasteiger charge is 2.32. The minimum absolute atomic E-state index is 0. The zero-order valence-electron chi connectivity index (χ0n) is 14.2. The maximum Gasteiger partial charge on any atom is 0.341 e. The van der Waals surface area contributed by atoms with E-state index in [1.807, 2.05) is 0 Å². The van der Waals surface area contributed by atoms with Gasteiger partial charge in [0.05, 0.1) is 10.9 Å². The lowest BCUT2D eigenvalue weighted by atomic mass is 10.1. The van der Waals surface area contributed by atoms with E-state index in [9.17, 15) is 19.1 Å². The summed E-state index contributed by atoms with van der Waals surface area (Å²) in [6.07, 6.45) is 3.32. The van der Waals surface area contributed by atoms with Crippen LogP contribution in [0, 0.1) is 11.6 Å². The standard InChI is InChI=1S/C17H17F2N3O3.ClH.H2O/c18-12-5-10-14(13(19)15(12)21-4-3-8(20)6-21)22(9-1-2-9)7-11(16(10)23)17(24)25;;/h5,7-9H,1-4,6,20H2,(H,24,25);1H;1H2/t8-;;/m1../s1. The average molecular weight is 404 g/mol. The first-order valence-electron chi connectivity index (χ1n) is 8.19. The molecule has 1 atom stereocenters. The Hall–Kier alpha value is -2.23. The van der Waals surface area contributed by atoms with Gasteiger partial charge in [-0.2, -0.15) is 0 Å². The monoisotopic (exact) mass is 403 g/mol. The number of halogens is 3. The summed E-state index contributed by atoms with van der Waals surface area (Å²) in [5.41, 5.74) is 4.25. The highest BCUT2D eigenvalue weighted by Crippen LogP contribution is 2.40. The van der Waals surface area contributed by atoms with Gasteiger partial charge in [0.15, 0.2) is 5.82 Å². The molecule has 1 aliphatic carbocycles. The van der Waals surface area contributed by atoms with Crippen molar-refractivity contribution >= 4 is 35.0 Å². The molecule has 0 radical (unpaired) electrons. The largest absolute Gasteiger partial charge is 0.477 e. The van der Waals surface area contributed by atoms with Gasteiger partial charge in [-0.05, 0) is 25.3 Å². The molecule has 148 valence electrons. The number of nitrogens with zero attached hydrogens (tertiary/aromatic N) is 2. The predicted molar refractivity (Wildman–Crippen MR) is 99.0 cm³/mol. The van der Waals surface area contributed by atoms with Crippen LogP contribution in [-0.4, -0.2) is 40.3 Å². The summed E-state index contributed by atoms with van der Waals surface area (Å²) >= 11 is 0. The fraction of sp³-hybridized carbons (Fsp3) is 0.412. The molecule has 0 unspecified atom stereocenters. The van der Waals surface area contributed by atoms with E-state index in [4.69, 9.17) is 5.73 Å². The highest BCUT2D eigenvalue weighted by molar-refractivity contribution is 5.94. The van der Waals surface area contributed by atoms with Gasteiger partial charge in [0, 0.05) is 31.4 Å². The Morgan fingerprint density at radius 1 is 1.26 bits per heavy atom. The number of pyridine rings is 1. The second kappa shape index (κ2) is 7.41. The topological polar surface area (TPSA) is 120 Å². The molecule has 2 aromatic rings. The molecule has 0 spiro atoms. The van der Waals surface area contributed by atoms with Crippen LogP contribution in [0.25, 0.3) is 10.9 Å². The van der Waals surface area contributed by atoms with E-state index >= 15 is 4.39 Å². The molecule has 2 aliphatic rings. The van der Waals surface area contributed by atoms with Crippen molar-refractivity contribution in [2.24, 2.45) is 5.73 Å². The molecular formula is C17H20ClF2N3O4. The van der Waals surface area contributed by atoms with Crippen molar-refractivity contribution < 1.29 is 24.2 Å². The number of anilines is 1. The van der Waals surface area contributed by atoms with Crippen LogP contribution in [0.1, 0.15) is 35.7 Å². The fourth-order valence-corrected chi connectivity index (χ4v) is 3.50. The number of nitrogens with two attached hydrogens (primary N) is 1. The molecule has 2 fully saturated rings. The van der Waals surface area contributed by atoms with Gasteiger partial charge in [-0.1, -0.05) is 0 Å². The summed E-state index contributed by atoms with van der Waals surface area (Å²) in [7, 11) is 0. The van der Waals surface area contributed by atoms with E-state index < -0.39 is 28.6 Å². The summed E-state index contributed by atoms with van der Waals surface area (Å²) in [6, 6.07) is 0.718. The van der Waals surface area contributed by atoms with Gasteiger partial charge < -0.3 is 25.8 Å². The SMILES string of the molecule is Cl.N[C@@H]1CCN(c2c(F)cc3c(=O)c(C(=O)O)cn(C4CC4)c3c2F)C1.O. The van der Waals surface area contributed by atoms with Crippen molar-refractivity contribution in [1.82, 2.24) is 4.57 Å². The average Bonchev–Trinajstić information content (AvgIpc) is 3.30. The van der Waals surface area contributed by atoms with E-state index in [-0.39, 0.29) is 46.6 Å². The van der Waals surface area contributed by atoms with Crippen molar-refractivity contribution in [3.05, 3.63) is 39.7 Å². The smallest absolute Gasteiger partial charge is 0.341 e. The number of carbonyl (C=O) groups is 1. The molecular weight excluding hydrogens is 384 g/mol. The molecule has 1 saturated carbocycles. The Balaban J connectivity index is 0.00000131. The zero-order chi connectivity index (χ0) is 17.9. The maximum atomic E-state index is 15.2. The number of aromatic nitrogens is 1. The Morgan fingerprint density at radius 3 is 2.44 bits per heavy atom. The molecule has 0 amide bonds. The number of aromatic carboxylic acids is 1. The van der Waals surface area contributed by atoms with Crippen LogP contribution in [-0.2, 0) is 0 Å². The molecule has 1 aromatic heterocycles. The van der Waals surface area contributed by atoms with Crippen LogP contribution < -0.4 is 16.1 Å². The fourth-order valence-electron chi connectivity index (χ4n) is 3.50. The molecule has 1 saturated heterocycles. The molecule has 27 heavy (non-hydrogen) atoms. The first-order chi connectivity index (χ1) is 11.9. The van der Waals surface area contributed by atoms with E-state index in [0.29, 0.717) is 19.5 Å². The van der Waals surface area contributed by atoms with E-state index in [0.717, 1.165) is 18.9 Å². The molecule has 7 nitrogen and oxygen atoms in total. The highest BCUT2D eigenvalue weighted by atomic mass is 35.5. The van der Waals surface area contributed by atoms with E-state index in [2.05, 4.69) is 0 Å². The van der Waals surface area contributed by atoms with Crippen LogP contribution in [0.2, 0.25) is 0 Å². The minimum Gasteiger partial charge on any atom is -0.477 e. The van der Waals surface area contributed by atoms with Gasteiger partial charge in [-0.25, -0.2) is 13.6 Å². The van der Waals surface area contributed by atoms with Gasteiger partial charge >= 0.3 is 5.97 Å². The van der Waals surface area contributed by atoms with E-state index in [1.165, 1.54) is 10.8 Å². The van der Waals surface area contributed by atoms with Gasteiger partial charge in [-0.3, -0.25) is 4.79 Å². The molecule has 0 bridgehead atoms. The summed E-state index contributed by atoms with van der Waals surface area (Å²) in [5.74, 6) is -3.11. The van der Waals surface area contributed by atoms with Crippen molar-refractivity contribution in [2.75, 3.05) is 18.0 Å². The second-order valence-electron chi connectivity index (χ2n) is 6.73. The van der Waals surface area contributed by atoms with Gasteiger partial charge in [0.1, 0.15) is 17.1 Å². The Morgan fingerprint density at radius 2 is 1.93 bits per heavy atom. The molecule has 4 rings (SSSR count). The lowest BCUT2D eigenvalue weighted by molar-refractivity contribution is 0.0694. The van der Waals surface area contributed by atoms with Gasteiger partial charge in [0.25, 0.3) is 0 Å². The quantitative estimate of drug-likeness (QED) is 0.803. The first kappa shape index (κ1) is 21.1. The van der Waals surface area contributed by atoms with Crippen molar-refractivity contribution in [3.8, 4) is 0 Å². The second-order valence-corrected chi connectivity index (χ2v) is 6.73. The summed E-state index contributed by atoms with van der Waals surface area (Å²) in [6.45, 7) is 0.765. The van der Waals surface area contributed by atoms with Crippen LogP contribution in [0.4, 0.5) is 14.5 Å². The summed E-state index contributed by atoms with van der Waals surface area (Å²) < 4.78 is 31.3. The third-order valence-corrected chi connectivity index (χ3v) is 4.90. The Labute approximate surface area is 159 Å². The van der Waals surface area contributed by atoms with Crippen molar-refractivity contribution in [1.29, 1.82) is 0 Å². The van der Waals surface area contributed by atoms with E-state index in [1.54, 1.807) is 4.90 Å². The zero-order valence-corrected chi connectivity index (χ0v) is 15.1. The minimum atomic E-state index is -1.41. The normalized spacial score (nSPS) is 18.9. The number of carboxylic acid groups (broad SMARTS) is 1. The third kappa shape index (κ3) is 3.38. The van der Waals surface area contributed by atoms with Gasteiger partial charge in [-0.15, -0.1) is 12.4 Å². The lowest BCUT2D eigenvalue weighted by Crippen LogP contribution is -2.28. The summed E-state index contributed by atoms with van der Waals surface area (Å²) in [5, 5.41) is 8.98. The first-order valence-corrected chi connectivity index (χ1v) is 8.19. The Bertz CT molecular complexity index is 962. The molecule has 1 aliphatic heterocycles. The predicted octanol–water partition coefficient (Wildman–Crippen LogP) is 1.45. The number of hydrogen-bond donors (Lipinski definition) is 2.